The molecule has 1 aromatic carbocycles. The van der Waals surface area contributed by atoms with Crippen molar-refractivity contribution in [2.75, 3.05) is 24.2 Å². The van der Waals surface area contributed by atoms with Gasteiger partial charge in [0.05, 0.1) is 28.9 Å². The van der Waals surface area contributed by atoms with Gasteiger partial charge in [0, 0.05) is 25.5 Å². The van der Waals surface area contributed by atoms with Crippen molar-refractivity contribution < 1.29 is 13.2 Å². The van der Waals surface area contributed by atoms with Crippen LogP contribution < -0.4 is 4.90 Å². The number of carbonyl (C=O) groups is 1. The summed E-state index contributed by atoms with van der Waals surface area (Å²) in [7, 11) is -3.33. The molecule has 1 aliphatic heterocycles. The summed E-state index contributed by atoms with van der Waals surface area (Å²) >= 11 is 1.48. The van der Waals surface area contributed by atoms with Gasteiger partial charge >= 0.3 is 0 Å². The minimum Gasteiger partial charge on any atom is -0.283 e. The van der Waals surface area contributed by atoms with Gasteiger partial charge < -0.3 is 0 Å². The molecule has 0 N–H and O–H groups in total. The van der Waals surface area contributed by atoms with Crippen LogP contribution in [0.4, 0.5) is 5.13 Å². The van der Waals surface area contributed by atoms with Crippen LogP contribution in [0, 0.1) is 12.8 Å². The molecule has 30 heavy (non-hydrogen) atoms. The molecule has 1 amide bonds. The van der Waals surface area contributed by atoms with Crippen LogP contribution in [0.25, 0.3) is 10.2 Å². The molecule has 0 bridgehead atoms. The zero-order valence-electron chi connectivity index (χ0n) is 17.0. The number of hydrogen-bond donors (Lipinski definition) is 0. The fourth-order valence-electron chi connectivity index (χ4n) is 3.71. The quantitative estimate of drug-likeness (QED) is 0.603. The molecule has 0 saturated carbocycles. The van der Waals surface area contributed by atoms with E-state index in [1.807, 2.05) is 31.2 Å². The number of anilines is 1. The third kappa shape index (κ3) is 4.53. The third-order valence-corrected chi connectivity index (χ3v) is 7.61. The summed E-state index contributed by atoms with van der Waals surface area (Å²) in [4.78, 5) is 24.1. The molecule has 1 aliphatic rings. The number of fused-ring (bicyclic) bond motifs is 1. The fourth-order valence-corrected chi connectivity index (χ4v) is 5.69. The summed E-state index contributed by atoms with van der Waals surface area (Å²) < 4.78 is 26.5. The molecule has 4 rings (SSSR count). The number of carbonyl (C=O) groups excluding carboxylic acids is 1. The lowest BCUT2D eigenvalue weighted by Crippen LogP contribution is -2.46. The zero-order valence-corrected chi connectivity index (χ0v) is 18.6. The number of benzene rings is 1. The standard InChI is InChI=1S/C21H24N4O3S2/c1-15-7-8-18-19(11-15)29-21(23-18)25(13-16-5-3-9-22-12-16)20(26)17-6-4-10-24(14-17)30(2,27)28/h3,5,7-9,11-12,17H,4,6,10,13-14H2,1-2H3. The molecule has 2 aromatic heterocycles. The maximum Gasteiger partial charge on any atom is 0.233 e. The highest BCUT2D eigenvalue weighted by molar-refractivity contribution is 7.88. The van der Waals surface area contributed by atoms with Gasteiger partial charge in [-0.15, -0.1) is 0 Å². The number of pyridine rings is 1. The molecule has 1 unspecified atom stereocenters. The molecule has 3 heterocycles. The predicted octanol–water partition coefficient (Wildman–Crippen LogP) is 3.20. The smallest absolute Gasteiger partial charge is 0.233 e. The van der Waals surface area contributed by atoms with Gasteiger partial charge in [0.1, 0.15) is 0 Å². The van der Waals surface area contributed by atoms with Crippen LogP contribution in [-0.4, -0.2) is 47.9 Å². The van der Waals surface area contributed by atoms with Crippen molar-refractivity contribution in [1.29, 1.82) is 0 Å². The number of nitrogens with zero attached hydrogens (tertiary/aromatic N) is 4. The molecule has 1 saturated heterocycles. The Morgan fingerprint density at radius 1 is 1.33 bits per heavy atom. The minimum absolute atomic E-state index is 0.0945. The van der Waals surface area contributed by atoms with E-state index in [4.69, 9.17) is 4.98 Å². The second-order valence-corrected chi connectivity index (χ2v) is 10.7. The van der Waals surface area contributed by atoms with E-state index in [1.165, 1.54) is 21.9 Å². The number of aryl methyl sites for hydroxylation is 1. The molecule has 0 radical (unpaired) electrons. The third-order valence-electron chi connectivity index (χ3n) is 5.30. The summed E-state index contributed by atoms with van der Waals surface area (Å²) in [5, 5.41) is 0.626. The fraction of sp³-hybridized carbons (Fsp3) is 0.381. The number of aromatic nitrogens is 2. The number of rotatable bonds is 5. The second kappa shape index (κ2) is 8.41. The SMILES string of the molecule is Cc1ccc2nc(N(Cc3cccnc3)C(=O)C3CCCN(S(C)(=O)=O)C3)sc2c1. The van der Waals surface area contributed by atoms with Crippen molar-refractivity contribution in [2.45, 2.75) is 26.3 Å². The highest BCUT2D eigenvalue weighted by atomic mass is 32.2. The van der Waals surface area contributed by atoms with E-state index in [9.17, 15) is 13.2 Å². The lowest BCUT2D eigenvalue weighted by molar-refractivity contribution is -0.123. The van der Waals surface area contributed by atoms with Crippen LogP contribution in [0.5, 0.6) is 0 Å². The Bertz CT molecular complexity index is 1160. The largest absolute Gasteiger partial charge is 0.283 e. The van der Waals surface area contributed by atoms with Gasteiger partial charge in [-0.2, -0.15) is 0 Å². The molecule has 1 fully saturated rings. The first kappa shape index (κ1) is 20.9. The number of piperidine rings is 1. The molecule has 3 aromatic rings. The summed E-state index contributed by atoms with van der Waals surface area (Å²) in [6, 6.07) is 9.79. The Morgan fingerprint density at radius 2 is 2.17 bits per heavy atom. The van der Waals surface area contributed by atoms with Crippen molar-refractivity contribution in [3.8, 4) is 0 Å². The normalized spacial score (nSPS) is 17.9. The molecule has 7 nitrogen and oxygen atoms in total. The van der Waals surface area contributed by atoms with Gasteiger partial charge in [-0.05, 0) is 49.1 Å². The zero-order chi connectivity index (χ0) is 21.3. The second-order valence-electron chi connectivity index (χ2n) is 7.71. The van der Waals surface area contributed by atoms with E-state index >= 15 is 0 Å². The molecule has 0 aliphatic carbocycles. The monoisotopic (exact) mass is 444 g/mol. The van der Waals surface area contributed by atoms with E-state index in [-0.39, 0.29) is 18.4 Å². The van der Waals surface area contributed by atoms with Crippen LogP contribution in [0.1, 0.15) is 24.0 Å². The topological polar surface area (TPSA) is 83.5 Å². The van der Waals surface area contributed by atoms with E-state index in [0.717, 1.165) is 21.3 Å². The Balaban J connectivity index is 1.68. The van der Waals surface area contributed by atoms with Crippen LogP contribution in [0.15, 0.2) is 42.7 Å². The first-order chi connectivity index (χ1) is 14.3. The van der Waals surface area contributed by atoms with Gasteiger partial charge in [0.25, 0.3) is 0 Å². The minimum atomic E-state index is -3.33. The van der Waals surface area contributed by atoms with Gasteiger partial charge in [0.2, 0.25) is 15.9 Å². The molecule has 158 valence electrons. The highest BCUT2D eigenvalue weighted by Gasteiger charge is 2.34. The lowest BCUT2D eigenvalue weighted by Gasteiger charge is -2.33. The molecule has 0 spiro atoms. The van der Waals surface area contributed by atoms with E-state index in [1.54, 1.807) is 17.3 Å². The molecule has 1 atom stereocenters. The Hall–Kier alpha value is -2.36. The number of sulfonamides is 1. The molecular weight excluding hydrogens is 420 g/mol. The van der Waals surface area contributed by atoms with Gasteiger partial charge in [-0.25, -0.2) is 17.7 Å². The van der Waals surface area contributed by atoms with Crippen LogP contribution >= 0.6 is 11.3 Å². The Morgan fingerprint density at radius 3 is 2.90 bits per heavy atom. The van der Waals surface area contributed by atoms with Gasteiger partial charge in [-0.1, -0.05) is 23.5 Å². The van der Waals surface area contributed by atoms with Crippen LogP contribution in [0.3, 0.4) is 0 Å². The maximum atomic E-state index is 13.6. The summed E-state index contributed by atoms with van der Waals surface area (Å²) in [6.45, 7) is 3.05. The maximum absolute atomic E-state index is 13.6. The number of hydrogen-bond acceptors (Lipinski definition) is 6. The van der Waals surface area contributed by atoms with Crippen molar-refractivity contribution in [2.24, 2.45) is 5.92 Å². The van der Waals surface area contributed by atoms with Crippen LogP contribution in [-0.2, 0) is 21.4 Å². The molecule has 9 heteroatoms. The van der Waals surface area contributed by atoms with Crippen molar-refractivity contribution in [3.63, 3.8) is 0 Å². The highest BCUT2D eigenvalue weighted by Crippen LogP contribution is 2.32. The average molecular weight is 445 g/mol. The lowest BCUT2D eigenvalue weighted by atomic mass is 9.98. The Labute approximate surface area is 180 Å². The number of thiazole rings is 1. The Kier molecular flexibility index (Phi) is 5.86. The van der Waals surface area contributed by atoms with Crippen LogP contribution in [0.2, 0.25) is 0 Å². The van der Waals surface area contributed by atoms with Gasteiger partial charge in [-0.3, -0.25) is 14.7 Å². The summed E-state index contributed by atoms with van der Waals surface area (Å²) in [6.07, 6.45) is 5.97. The summed E-state index contributed by atoms with van der Waals surface area (Å²) in [5.41, 5.74) is 2.89. The number of amides is 1. The van der Waals surface area contributed by atoms with Crippen molar-refractivity contribution >= 4 is 42.6 Å². The van der Waals surface area contributed by atoms with E-state index in [0.29, 0.717) is 31.1 Å². The van der Waals surface area contributed by atoms with Crippen molar-refractivity contribution in [3.05, 3.63) is 53.9 Å². The first-order valence-corrected chi connectivity index (χ1v) is 12.5. The first-order valence-electron chi connectivity index (χ1n) is 9.84. The average Bonchev–Trinajstić information content (AvgIpc) is 3.14. The van der Waals surface area contributed by atoms with E-state index in [2.05, 4.69) is 11.1 Å². The summed E-state index contributed by atoms with van der Waals surface area (Å²) in [5.74, 6) is -0.484. The predicted molar refractivity (Wildman–Crippen MR) is 119 cm³/mol. The van der Waals surface area contributed by atoms with E-state index < -0.39 is 10.0 Å². The molecular formula is C21H24N4O3S2. The van der Waals surface area contributed by atoms with Crippen molar-refractivity contribution in [1.82, 2.24) is 14.3 Å². The van der Waals surface area contributed by atoms with Gasteiger partial charge in [0.15, 0.2) is 5.13 Å².